The number of carbonyl (C=O) groups is 6. The van der Waals surface area contributed by atoms with Gasteiger partial charge < -0.3 is 0 Å². The zero-order chi connectivity index (χ0) is 28.4. The van der Waals surface area contributed by atoms with Crippen molar-refractivity contribution in [2.24, 2.45) is 0 Å². The zero-order valence-electron chi connectivity index (χ0n) is 21.2. The second-order valence-corrected chi connectivity index (χ2v) is 10.1. The highest BCUT2D eigenvalue weighted by Crippen LogP contribution is 2.16. The van der Waals surface area contributed by atoms with Crippen molar-refractivity contribution >= 4 is 58.5 Å². The molecule has 0 saturated heterocycles. The summed E-state index contributed by atoms with van der Waals surface area (Å²) in [6.07, 6.45) is 2.53. The Kier molecular flexibility index (Phi) is 10.9. The Morgan fingerprint density at radius 1 is 0.872 bits per heavy atom. The average Bonchev–Trinajstić information content (AvgIpc) is 3.56. The molecule has 0 spiro atoms. The van der Waals surface area contributed by atoms with Gasteiger partial charge in [0.05, 0.1) is 13.1 Å². The van der Waals surface area contributed by atoms with Gasteiger partial charge in [0.15, 0.2) is 40.2 Å². The fourth-order valence-electron chi connectivity index (χ4n) is 3.35. The van der Waals surface area contributed by atoms with Crippen molar-refractivity contribution in [2.75, 3.05) is 5.08 Å². The molecule has 0 radical (unpaired) electrons. The fourth-order valence-corrected chi connectivity index (χ4v) is 4.76. The summed E-state index contributed by atoms with van der Waals surface area (Å²) in [5.74, 6) is -3.01. The average molecular weight is 575 g/mol. The number of carbonyl (C=O) groups excluding carboxylic acids is 6. The predicted octanol–water partition coefficient (Wildman–Crippen LogP) is 1.51. The number of aromatic nitrogens is 6. The number of aryl methyl sites for hydroxylation is 2. The van der Waals surface area contributed by atoms with Crippen molar-refractivity contribution in [3.63, 3.8) is 0 Å². The van der Waals surface area contributed by atoms with Crippen LogP contribution in [0.2, 0.25) is 0 Å². The molecular formula is C23H26N8O6S2. The number of rotatable bonds is 7. The lowest BCUT2D eigenvalue weighted by Crippen LogP contribution is -2.42. The molecule has 1 aliphatic rings. The summed E-state index contributed by atoms with van der Waals surface area (Å²) in [6.45, 7) is 3.17. The van der Waals surface area contributed by atoms with E-state index < -0.39 is 17.6 Å². The summed E-state index contributed by atoms with van der Waals surface area (Å²) < 4.78 is 2.37. The molecule has 0 unspecified atom stereocenters. The molecule has 206 valence electrons. The minimum atomic E-state index is -0.867. The predicted molar refractivity (Wildman–Crippen MR) is 142 cm³/mol. The summed E-state index contributed by atoms with van der Waals surface area (Å²) >= 11 is 2.67. The van der Waals surface area contributed by atoms with Crippen molar-refractivity contribution in [1.29, 1.82) is 0 Å². The highest BCUT2D eigenvalue weighted by molar-refractivity contribution is 8.18. The van der Waals surface area contributed by atoms with Crippen molar-refractivity contribution < 1.29 is 28.8 Å². The van der Waals surface area contributed by atoms with E-state index in [1.165, 1.54) is 45.8 Å². The largest absolute Gasteiger partial charge is 0.295 e. The lowest BCUT2D eigenvalue weighted by molar-refractivity contribution is -0.117. The Hall–Kier alpha value is -3.92. The molecule has 39 heavy (non-hydrogen) atoms. The van der Waals surface area contributed by atoms with Gasteiger partial charge in [0.1, 0.15) is 5.69 Å². The number of hydrogen-bond donors (Lipinski definition) is 2. The normalized spacial score (nSPS) is 17.1. The molecule has 3 heterocycles. The minimum absolute atomic E-state index is 0.0321. The van der Waals surface area contributed by atoms with Crippen molar-refractivity contribution in [3.8, 4) is 0 Å². The highest BCUT2D eigenvalue weighted by Gasteiger charge is 2.27. The molecule has 2 amide bonds. The van der Waals surface area contributed by atoms with E-state index in [4.69, 9.17) is 0 Å². The number of hydrogen-bond acceptors (Lipinski definition) is 12. The summed E-state index contributed by atoms with van der Waals surface area (Å²) in [5.41, 5.74) is 3.94. The lowest BCUT2D eigenvalue weighted by Gasteiger charge is -2.10. The highest BCUT2D eigenvalue weighted by atomic mass is 32.2. The standard InChI is InChI=1S/C23H26N8O6S2/c1-3-15(33)19-21(16(34)4-2)30(28-25-19)9-10-31-22-20(26-29-31)17(35)6-5-14(32)7-11-38-13-39-12-8-18(36)24-27-23(22)37/h7-8,11-12H,3-6,9-10,13H2,1-2H3,(H,24,36)(H,27,37)/b11-7+,12-8+. The van der Waals surface area contributed by atoms with Crippen molar-refractivity contribution in [1.82, 2.24) is 40.8 Å². The zero-order valence-corrected chi connectivity index (χ0v) is 22.8. The maximum atomic E-state index is 13.0. The third-order valence-corrected chi connectivity index (χ3v) is 7.09. The third-order valence-electron chi connectivity index (χ3n) is 5.34. The second-order valence-electron chi connectivity index (χ2n) is 7.96. The van der Waals surface area contributed by atoms with Gasteiger partial charge in [-0.15, -0.1) is 33.7 Å². The van der Waals surface area contributed by atoms with E-state index in [1.807, 2.05) is 0 Å². The van der Waals surface area contributed by atoms with Gasteiger partial charge >= 0.3 is 0 Å². The number of amides is 2. The second kappa shape index (κ2) is 14.3. The molecule has 0 fully saturated rings. The first-order valence-electron chi connectivity index (χ1n) is 11.9. The molecule has 0 aromatic carbocycles. The third kappa shape index (κ3) is 7.79. The number of hydrazine groups is 1. The molecule has 16 heteroatoms. The first kappa shape index (κ1) is 29.6. The summed E-state index contributed by atoms with van der Waals surface area (Å²) in [6, 6.07) is 0. The molecule has 2 aromatic heterocycles. The van der Waals surface area contributed by atoms with Crippen LogP contribution in [0.25, 0.3) is 0 Å². The van der Waals surface area contributed by atoms with Crippen LogP contribution in [-0.2, 0) is 22.7 Å². The Bertz CT molecular complexity index is 1350. The lowest BCUT2D eigenvalue weighted by atomic mass is 10.1. The smallest absolute Gasteiger partial charge is 0.290 e. The van der Waals surface area contributed by atoms with Gasteiger partial charge in [-0.25, -0.2) is 9.36 Å². The molecule has 0 saturated carbocycles. The van der Waals surface area contributed by atoms with Crippen LogP contribution in [0, 0.1) is 0 Å². The molecule has 2 aromatic rings. The van der Waals surface area contributed by atoms with Gasteiger partial charge in [0.25, 0.3) is 11.8 Å². The number of Topliss-reactive ketones (excluding diaryl/α,β-unsaturated/α-hetero) is 3. The van der Waals surface area contributed by atoms with E-state index in [0.29, 0.717) is 5.08 Å². The Morgan fingerprint density at radius 3 is 2.26 bits per heavy atom. The first-order chi connectivity index (χ1) is 18.8. The summed E-state index contributed by atoms with van der Waals surface area (Å²) in [4.78, 5) is 74.9. The van der Waals surface area contributed by atoms with Crippen LogP contribution in [-0.4, -0.2) is 70.0 Å². The SMILES string of the molecule is CCC(=O)c1nnn(CCn2nnc3c2C(=O)NNC(=O)/C=C/SCS/C=C/C(=O)CCC3=O)c1C(=O)CC. The Morgan fingerprint density at radius 2 is 1.54 bits per heavy atom. The number of nitrogens with one attached hydrogen (secondary N) is 2. The fraction of sp³-hybridized carbons (Fsp3) is 0.391. The monoisotopic (exact) mass is 574 g/mol. The van der Waals surface area contributed by atoms with E-state index in [-0.39, 0.29) is 78.9 Å². The van der Waals surface area contributed by atoms with Crippen LogP contribution in [0.4, 0.5) is 0 Å². The van der Waals surface area contributed by atoms with E-state index in [9.17, 15) is 28.8 Å². The van der Waals surface area contributed by atoms with Crippen LogP contribution in [0.3, 0.4) is 0 Å². The molecule has 3 rings (SSSR count). The van der Waals surface area contributed by atoms with E-state index in [0.717, 1.165) is 4.68 Å². The van der Waals surface area contributed by atoms with E-state index >= 15 is 0 Å². The number of fused-ring (bicyclic) bond motifs is 1. The molecular weight excluding hydrogens is 548 g/mol. The molecule has 2 N–H and O–H groups in total. The number of allylic oxidation sites excluding steroid dienone is 1. The van der Waals surface area contributed by atoms with E-state index in [2.05, 4.69) is 31.5 Å². The quantitative estimate of drug-likeness (QED) is 0.454. The Labute approximate surface area is 231 Å². The van der Waals surface area contributed by atoms with Crippen molar-refractivity contribution in [3.05, 3.63) is 45.7 Å². The molecule has 0 bridgehead atoms. The van der Waals surface area contributed by atoms with Crippen LogP contribution in [0.1, 0.15) is 81.5 Å². The molecule has 14 nitrogen and oxygen atoms in total. The maximum absolute atomic E-state index is 13.0. The minimum Gasteiger partial charge on any atom is -0.295 e. The molecule has 1 aliphatic heterocycles. The summed E-state index contributed by atoms with van der Waals surface area (Å²) in [5, 5.41) is 19.3. The van der Waals surface area contributed by atoms with E-state index in [1.54, 1.807) is 19.3 Å². The molecule has 0 aliphatic carbocycles. The van der Waals surface area contributed by atoms with Gasteiger partial charge in [-0.05, 0) is 16.9 Å². The van der Waals surface area contributed by atoms with Crippen LogP contribution < -0.4 is 10.9 Å². The van der Waals surface area contributed by atoms with Gasteiger partial charge in [-0.2, -0.15) is 0 Å². The van der Waals surface area contributed by atoms with Gasteiger partial charge in [-0.3, -0.25) is 39.6 Å². The maximum Gasteiger partial charge on any atom is 0.290 e. The molecule has 0 atom stereocenters. The number of thioether (sulfide) groups is 2. The first-order valence-corrected chi connectivity index (χ1v) is 14.0. The van der Waals surface area contributed by atoms with Crippen molar-refractivity contribution in [2.45, 2.75) is 52.6 Å². The topological polar surface area (TPSA) is 188 Å². The van der Waals surface area contributed by atoms with Crippen LogP contribution >= 0.6 is 23.5 Å². The number of nitrogens with zero attached hydrogens (tertiary/aromatic N) is 6. The van der Waals surface area contributed by atoms with Crippen LogP contribution in [0.15, 0.2) is 23.0 Å². The Balaban J connectivity index is 1.91. The van der Waals surface area contributed by atoms with Gasteiger partial charge in [0, 0.05) is 36.8 Å². The van der Waals surface area contributed by atoms with Gasteiger partial charge in [0.2, 0.25) is 0 Å². The number of ketones is 4. The van der Waals surface area contributed by atoms with Gasteiger partial charge in [-0.1, -0.05) is 24.3 Å². The summed E-state index contributed by atoms with van der Waals surface area (Å²) in [7, 11) is 0. The van der Waals surface area contributed by atoms with Crippen LogP contribution in [0.5, 0.6) is 0 Å².